The number of nitrogens with two attached hydrogens (primary N) is 1. The molecule has 0 aromatic rings. The zero-order valence-electron chi connectivity index (χ0n) is 18.3. The highest BCUT2D eigenvalue weighted by atomic mass is 16.4. The second-order valence-corrected chi connectivity index (χ2v) is 7.72. The number of aliphatic carboxylic acids is 2. The Morgan fingerprint density at radius 3 is 1.84 bits per heavy atom. The Hall–Kier alpha value is -2.73. The van der Waals surface area contributed by atoms with Gasteiger partial charge in [-0.05, 0) is 18.3 Å². The van der Waals surface area contributed by atoms with Gasteiger partial charge in [-0.3, -0.25) is 19.2 Å². The van der Waals surface area contributed by atoms with E-state index in [2.05, 4.69) is 16.0 Å². The number of aliphatic hydroxyl groups excluding tert-OH is 1. The van der Waals surface area contributed by atoms with Crippen molar-refractivity contribution < 1.29 is 39.3 Å². The number of nitrogens with one attached hydrogen (secondary N) is 3. The Morgan fingerprint density at radius 2 is 1.42 bits per heavy atom. The first-order chi connectivity index (χ1) is 14.3. The Kier molecular flexibility index (Phi) is 12.4. The minimum absolute atomic E-state index is 0.274. The Bertz CT molecular complexity index is 655. The topological polar surface area (TPSA) is 208 Å². The van der Waals surface area contributed by atoms with Gasteiger partial charge in [-0.25, -0.2) is 4.79 Å². The molecule has 0 bridgehead atoms. The van der Waals surface area contributed by atoms with Crippen molar-refractivity contribution in [2.24, 2.45) is 17.6 Å². The van der Waals surface area contributed by atoms with Gasteiger partial charge in [0.1, 0.15) is 24.2 Å². The third kappa shape index (κ3) is 9.75. The minimum Gasteiger partial charge on any atom is -0.481 e. The number of carbonyl (C=O) groups is 5. The van der Waals surface area contributed by atoms with Crippen molar-refractivity contribution >= 4 is 29.7 Å². The zero-order chi connectivity index (χ0) is 24.3. The van der Waals surface area contributed by atoms with E-state index in [-0.39, 0.29) is 12.3 Å². The average molecular weight is 447 g/mol. The second-order valence-electron chi connectivity index (χ2n) is 7.72. The molecule has 0 fully saturated rings. The van der Waals surface area contributed by atoms with Crippen LogP contribution in [0.5, 0.6) is 0 Å². The van der Waals surface area contributed by atoms with Crippen LogP contribution in [0.25, 0.3) is 0 Å². The van der Waals surface area contributed by atoms with Gasteiger partial charge >= 0.3 is 11.9 Å². The lowest BCUT2D eigenvalue weighted by molar-refractivity contribution is -0.144. The minimum atomic E-state index is -1.32. The molecule has 0 saturated heterocycles. The maximum absolute atomic E-state index is 12.8. The van der Waals surface area contributed by atoms with E-state index in [1.54, 1.807) is 27.7 Å². The van der Waals surface area contributed by atoms with Gasteiger partial charge in [0.2, 0.25) is 17.7 Å². The Balaban J connectivity index is 5.56. The molecule has 0 heterocycles. The number of carbonyl (C=O) groups excluding carboxylic acids is 3. The fourth-order valence-electron chi connectivity index (χ4n) is 2.61. The zero-order valence-corrected chi connectivity index (χ0v) is 18.3. The molecule has 0 rings (SSSR count). The number of hydrogen-bond donors (Lipinski definition) is 7. The summed E-state index contributed by atoms with van der Waals surface area (Å²) in [5, 5.41) is 34.4. The van der Waals surface area contributed by atoms with Crippen molar-refractivity contribution in [2.75, 3.05) is 6.61 Å². The normalized spacial score (nSPS) is 15.8. The first kappa shape index (κ1) is 28.3. The van der Waals surface area contributed by atoms with E-state index in [0.717, 1.165) is 0 Å². The summed E-state index contributed by atoms with van der Waals surface area (Å²) in [5.74, 6) is -5.60. The number of hydrogen-bond acceptors (Lipinski definition) is 7. The van der Waals surface area contributed by atoms with Gasteiger partial charge in [0.15, 0.2) is 0 Å². The van der Waals surface area contributed by atoms with Crippen LogP contribution in [0.2, 0.25) is 0 Å². The van der Waals surface area contributed by atoms with Gasteiger partial charge in [0, 0.05) is 6.42 Å². The van der Waals surface area contributed by atoms with Crippen LogP contribution in [0, 0.1) is 11.8 Å². The first-order valence-corrected chi connectivity index (χ1v) is 10.1. The molecule has 0 aliphatic carbocycles. The number of amides is 3. The predicted molar refractivity (Wildman–Crippen MR) is 110 cm³/mol. The monoisotopic (exact) mass is 446 g/mol. The molecule has 8 N–H and O–H groups in total. The van der Waals surface area contributed by atoms with Crippen LogP contribution in [0.15, 0.2) is 0 Å². The SMILES string of the molecule is CCC(C)C(NC(=O)C(CCC(=O)O)NC(=O)C(N)CO)C(=O)NC(C(=O)O)C(C)C. The fraction of sp³-hybridized carbons (Fsp3) is 0.737. The van der Waals surface area contributed by atoms with E-state index in [1.807, 2.05) is 0 Å². The van der Waals surface area contributed by atoms with E-state index in [9.17, 15) is 29.1 Å². The van der Waals surface area contributed by atoms with Gasteiger partial charge in [-0.2, -0.15) is 0 Å². The molecule has 0 aromatic heterocycles. The van der Waals surface area contributed by atoms with Gasteiger partial charge < -0.3 is 37.0 Å². The van der Waals surface area contributed by atoms with Gasteiger partial charge in [-0.1, -0.05) is 34.1 Å². The maximum atomic E-state index is 12.8. The largest absolute Gasteiger partial charge is 0.481 e. The predicted octanol–water partition coefficient (Wildman–Crippen LogP) is -1.59. The molecule has 5 unspecified atom stereocenters. The second kappa shape index (κ2) is 13.5. The highest BCUT2D eigenvalue weighted by Gasteiger charge is 2.33. The Labute approximate surface area is 180 Å². The number of carboxylic acid groups (broad SMARTS) is 2. The summed E-state index contributed by atoms with van der Waals surface area (Å²) in [6.45, 7) is 6.03. The van der Waals surface area contributed by atoms with Gasteiger partial charge in [0.05, 0.1) is 6.61 Å². The van der Waals surface area contributed by atoms with Crippen LogP contribution >= 0.6 is 0 Å². The van der Waals surface area contributed by atoms with Crippen molar-refractivity contribution in [1.29, 1.82) is 0 Å². The third-order valence-electron chi connectivity index (χ3n) is 4.84. The Morgan fingerprint density at radius 1 is 0.871 bits per heavy atom. The number of aliphatic hydroxyl groups is 1. The summed E-state index contributed by atoms with van der Waals surface area (Å²) in [4.78, 5) is 59.8. The van der Waals surface area contributed by atoms with E-state index in [1.165, 1.54) is 0 Å². The molecule has 3 amide bonds. The van der Waals surface area contributed by atoms with Crippen molar-refractivity contribution in [3.63, 3.8) is 0 Å². The molecule has 0 aromatic carbocycles. The molecule has 0 spiro atoms. The summed E-state index contributed by atoms with van der Waals surface area (Å²) in [6.07, 6.45) is -0.246. The van der Waals surface area contributed by atoms with Crippen molar-refractivity contribution in [2.45, 2.75) is 71.1 Å². The molecule has 0 aliphatic heterocycles. The number of rotatable bonds is 14. The molecule has 12 nitrogen and oxygen atoms in total. The summed E-state index contributed by atoms with van der Waals surface area (Å²) >= 11 is 0. The van der Waals surface area contributed by atoms with Crippen molar-refractivity contribution in [3.05, 3.63) is 0 Å². The average Bonchev–Trinajstić information content (AvgIpc) is 2.70. The van der Waals surface area contributed by atoms with Crippen LogP contribution in [0.1, 0.15) is 47.0 Å². The maximum Gasteiger partial charge on any atom is 0.326 e. The standard InChI is InChI=1S/C19H34N4O8/c1-5-10(4)15(18(29)22-14(9(2)3)19(30)31)23-17(28)12(6-7-13(25)26)21-16(27)11(20)8-24/h9-12,14-15,24H,5-8,20H2,1-4H3,(H,21,27)(H,22,29)(H,23,28)(H,25,26)(H,30,31). The third-order valence-corrected chi connectivity index (χ3v) is 4.84. The summed E-state index contributed by atoms with van der Waals surface area (Å²) < 4.78 is 0. The molecule has 178 valence electrons. The van der Waals surface area contributed by atoms with Gasteiger partial charge in [-0.15, -0.1) is 0 Å². The number of carboxylic acids is 2. The lowest BCUT2D eigenvalue weighted by Crippen LogP contribution is -2.59. The lowest BCUT2D eigenvalue weighted by atomic mass is 9.96. The highest BCUT2D eigenvalue weighted by Crippen LogP contribution is 2.11. The van der Waals surface area contributed by atoms with Crippen molar-refractivity contribution in [3.8, 4) is 0 Å². The summed E-state index contributed by atoms with van der Waals surface area (Å²) in [7, 11) is 0. The molecular formula is C19H34N4O8. The molecule has 12 heteroatoms. The van der Waals surface area contributed by atoms with E-state index >= 15 is 0 Å². The smallest absolute Gasteiger partial charge is 0.326 e. The fourth-order valence-corrected chi connectivity index (χ4v) is 2.61. The van der Waals surface area contributed by atoms with Crippen molar-refractivity contribution in [1.82, 2.24) is 16.0 Å². The first-order valence-electron chi connectivity index (χ1n) is 10.1. The van der Waals surface area contributed by atoms with Crippen LogP contribution in [-0.2, 0) is 24.0 Å². The molecule has 31 heavy (non-hydrogen) atoms. The van der Waals surface area contributed by atoms with Crippen LogP contribution < -0.4 is 21.7 Å². The quantitative estimate of drug-likeness (QED) is 0.164. The summed E-state index contributed by atoms with van der Waals surface area (Å²) in [5.41, 5.74) is 5.42. The van der Waals surface area contributed by atoms with Gasteiger partial charge in [0.25, 0.3) is 0 Å². The van der Waals surface area contributed by atoms with Crippen LogP contribution in [-0.4, -0.2) is 75.8 Å². The van der Waals surface area contributed by atoms with E-state index in [4.69, 9.17) is 15.9 Å². The lowest BCUT2D eigenvalue weighted by Gasteiger charge is -2.28. The molecule has 0 aliphatic rings. The highest BCUT2D eigenvalue weighted by molar-refractivity contribution is 5.94. The summed E-state index contributed by atoms with van der Waals surface area (Å²) in [6, 6.07) is -4.91. The molecule has 0 radical (unpaired) electrons. The van der Waals surface area contributed by atoms with Crippen LogP contribution in [0.3, 0.4) is 0 Å². The molecular weight excluding hydrogens is 412 g/mol. The molecule has 0 saturated carbocycles. The van der Waals surface area contributed by atoms with E-state index in [0.29, 0.717) is 6.42 Å². The van der Waals surface area contributed by atoms with Crippen LogP contribution in [0.4, 0.5) is 0 Å². The van der Waals surface area contributed by atoms with E-state index < -0.39 is 72.8 Å². The molecule has 5 atom stereocenters.